The van der Waals surface area contributed by atoms with Crippen molar-refractivity contribution >= 4 is 23.1 Å². The zero-order chi connectivity index (χ0) is 13.8. The van der Waals surface area contributed by atoms with Gasteiger partial charge in [0.15, 0.2) is 0 Å². The van der Waals surface area contributed by atoms with Gasteiger partial charge in [-0.3, -0.25) is 4.98 Å². The Morgan fingerprint density at radius 2 is 2.30 bits per heavy atom. The molecule has 1 aliphatic rings. The highest BCUT2D eigenvalue weighted by Crippen LogP contribution is 2.27. The molecule has 0 radical (unpaired) electrons. The molecule has 20 heavy (non-hydrogen) atoms. The average molecular weight is 307 g/mol. The van der Waals surface area contributed by atoms with E-state index in [9.17, 15) is 5.11 Å². The first-order valence-electron chi connectivity index (χ1n) is 6.62. The zero-order valence-corrected chi connectivity index (χ0v) is 12.7. The van der Waals surface area contributed by atoms with Crippen LogP contribution >= 0.6 is 23.1 Å². The third kappa shape index (κ3) is 3.38. The van der Waals surface area contributed by atoms with Gasteiger partial charge in [0.1, 0.15) is 5.01 Å². The zero-order valence-electron chi connectivity index (χ0n) is 11.1. The fraction of sp³-hybridized carbons (Fsp3) is 0.429. The summed E-state index contributed by atoms with van der Waals surface area (Å²) in [5.41, 5.74) is 0.383. The second kappa shape index (κ2) is 6.22. The molecule has 1 unspecified atom stereocenters. The summed E-state index contributed by atoms with van der Waals surface area (Å²) in [6.45, 7) is 1.40. The van der Waals surface area contributed by atoms with Crippen LogP contribution in [0, 0.1) is 0 Å². The van der Waals surface area contributed by atoms with E-state index >= 15 is 0 Å². The predicted octanol–water partition coefficient (Wildman–Crippen LogP) is 2.16. The molecule has 1 saturated heterocycles. The first kappa shape index (κ1) is 14.0. The largest absolute Gasteiger partial charge is 0.388 e. The fourth-order valence-corrected chi connectivity index (χ4v) is 4.30. The van der Waals surface area contributed by atoms with E-state index in [1.165, 1.54) is 4.88 Å². The monoisotopic (exact) mass is 307 g/mol. The number of thioether (sulfide) groups is 1. The number of aliphatic hydroxyl groups is 1. The molecule has 0 bridgehead atoms. The van der Waals surface area contributed by atoms with Crippen molar-refractivity contribution in [1.82, 2.24) is 15.3 Å². The smallest absolute Gasteiger partial charge is 0.142 e. The van der Waals surface area contributed by atoms with Crippen molar-refractivity contribution in [2.24, 2.45) is 0 Å². The summed E-state index contributed by atoms with van der Waals surface area (Å²) in [6, 6.07) is 5.84. The molecule has 3 rings (SSSR count). The van der Waals surface area contributed by atoms with Gasteiger partial charge in [0, 0.05) is 36.1 Å². The van der Waals surface area contributed by atoms with Gasteiger partial charge in [-0.15, -0.1) is 11.3 Å². The number of pyridine rings is 1. The lowest BCUT2D eigenvalue weighted by molar-refractivity contribution is 0.0675. The second-order valence-electron chi connectivity index (χ2n) is 4.98. The molecule has 2 N–H and O–H groups in total. The van der Waals surface area contributed by atoms with Crippen LogP contribution in [0.25, 0.3) is 10.7 Å². The Labute approximate surface area is 126 Å². The molecule has 1 atom stereocenters. The van der Waals surface area contributed by atoms with Crippen LogP contribution in [0.5, 0.6) is 0 Å². The molecule has 4 nitrogen and oxygen atoms in total. The Bertz CT molecular complexity index is 553. The first-order valence-corrected chi connectivity index (χ1v) is 8.59. The first-order chi connectivity index (χ1) is 9.75. The van der Waals surface area contributed by atoms with Crippen molar-refractivity contribution in [1.29, 1.82) is 0 Å². The number of rotatable bonds is 5. The predicted molar refractivity (Wildman–Crippen MR) is 83.9 cm³/mol. The minimum Gasteiger partial charge on any atom is -0.388 e. The number of aromatic nitrogens is 2. The molecule has 0 aromatic carbocycles. The third-order valence-corrected chi connectivity index (χ3v) is 5.53. The topological polar surface area (TPSA) is 58.0 Å². The van der Waals surface area contributed by atoms with E-state index in [1.807, 2.05) is 36.2 Å². The average Bonchev–Trinajstić information content (AvgIpc) is 3.10. The number of hydrogen-bond acceptors (Lipinski definition) is 6. The molecular formula is C14H17N3OS2. The van der Waals surface area contributed by atoms with Gasteiger partial charge in [0.25, 0.3) is 0 Å². The van der Waals surface area contributed by atoms with Crippen LogP contribution in [0.4, 0.5) is 0 Å². The molecule has 3 heterocycles. The minimum atomic E-state index is -0.529. The molecule has 0 saturated carbocycles. The lowest BCUT2D eigenvalue weighted by Crippen LogP contribution is -2.40. The molecule has 2 aromatic heterocycles. The van der Waals surface area contributed by atoms with Crippen molar-refractivity contribution in [3.8, 4) is 10.7 Å². The summed E-state index contributed by atoms with van der Waals surface area (Å²) in [4.78, 5) is 9.87. The number of thiazole rings is 1. The molecule has 106 valence electrons. The van der Waals surface area contributed by atoms with E-state index in [0.29, 0.717) is 6.54 Å². The quantitative estimate of drug-likeness (QED) is 0.886. The standard InChI is InChI=1S/C14H17N3OS2/c18-14(4-6-19-10-14)9-15-7-11-8-17-13(20-11)12-3-1-2-5-16-12/h1-3,5,8,15,18H,4,6-7,9-10H2. The van der Waals surface area contributed by atoms with Crippen molar-refractivity contribution < 1.29 is 5.11 Å². The van der Waals surface area contributed by atoms with E-state index < -0.39 is 5.60 Å². The molecule has 0 aliphatic carbocycles. The van der Waals surface area contributed by atoms with Crippen LogP contribution in [0.3, 0.4) is 0 Å². The van der Waals surface area contributed by atoms with Crippen LogP contribution in [-0.2, 0) is 6.54 Å². The summed E-state index contributed by atoms with van der Waals surface area (Å²) in [5, 5.41) is 14.5. The second-order valence-corrected chi connectivity index (χ2v) is 7.20. The van der Waals surface area contributed by atoms with Gasteiger partial charge in [0.05, 0.1) is 11.3 Å². The van der Waals surface area contributed by atoms with Gasteiger partial charge in [0.2, 0.25) is 0 Å². The summed E-state index contributed by atoms with van der Waals surface area (Å²) >= 11 is 3.47. The molecule has 1 aliphatic heterocycles. The maximum Gasteiger partial charge on any atom is 0.142 e. The summed E-state index contributed by atoms with van der Waals surface area (Å²) < 4.78 is 0. The molecule has 0 amide bonds. The van der Waals surface area contributed by atoms with Crippen molar-refractivity contribution in [3.63, 3.8) is 0 Å². The maximum absolute atomic E-state index is 10.2. The van der Waals surface area contributed by atoms with Gasteiger partial charge in [-0.1, -0.05) is 6.07 Å². The minimum absolute atomic E-state index is 0.529. The highest BCUT2D eigenvalue weighted by atomic mass is 32.2. The molecule has 6 heteroatoms. The number of nitrogens with zero attached hydrogens (tertiary/aromatic N) is 2. The highest BCUT2D eigenvalue weighted by molar-refractivity contribution is 7.99. The Kier molecular flexibility index (Phi) is 4.35. The van der Waals surface area contributed by atoms with E-state index in [1.54, 1.807) is 17.5 Å². The van der Waals surface area contributed by atoms with E-state index in [4.69, 9.17) is 0 Å². The Balaban J connectivity index is 1.55. The van der Waals surface area contributed by atoms with Gasteiger partial charge in [-0.25, -0.2) is 4.98 Å². The lowest BCUT2D eigenvalue weighted by atomic mass is 10.0. The maximum atomic E-state index is 10.2. The molecule has 1 fully saturated rings. The lowest BCUT2D eigenvalue weighted by Gasteiger charge is -2.21. The van der Waals surface area contributed by atoms with E-state index in [2.05, 4.69) is 15.3 Å². The van der Waals surface area contributed by atoms with E-state index in [0.717, 1.165) is 35.2 Å². The van der Waals surface area contributed by atoms with Gasteiger partial charge in [-0.2, -0.15) is 11.8 Å². The normalized spacial score (nSPS) is 22.2. The molecule has 2 aromatic rings. The van der Waals surface area contributed by atoms with Crippen molar-refractivity contribution in [2.75, 3.05) is 18.1 Å². The summed E-state index contributed by atoms with van der Waals surface area (Å²) in [6.07, 6.45) is 4.55. The van der Waals surface area contributed by atoms with Crippen LogP contribution in [-0.4, -0.2) is 38.7 Å². The SMILES string of the molecule is OC1(CNCc2cnc(-c3ccccn3)s2)CCSC1. The fourth-order valence-electron chi connectivity index (χ4n) is 2.15. The third-order valence-electron chi connectivity index (χ3n) is 3.27. The van der Waals surface area contributed by atoms with Crippen molar-refractivity contribution in [2.45, 2.75) is 18.6 Å². The van der Waals surface area contributed by atoms with Crippen LogP contribution in [0.2, 0.25) is 0 Å². The number of nitrogens with one attached hydrogen (secondary N) is 1. The van der Waals surface area contributed by atoms with Gasteiger partial charge in [-0.05, 0) is 24.3 Å². The molecule has 0 spiro atoms. The van der Waals surface area contributed by atoms with E-state index in [-0.39, 0.29) is 0 Å². The number of hydrogen-bond donors (Lipinski definition) is 2. The Morgan fingerprint density at radius 3 is 3.05 bits per heavy atom. The van der Waals surface area contributed by atoms with Crippen molar-refractivity contribution in [3.05, 3.63) is 35.5 Å². The van der Waals surface area contributed by atoms with Crippen LogP contribution < -0.4 is 5.32 Å². The van der Waals surface area contributed by atoms with Gasteiger partial charge < -0.3 is 10.4 Å². The van der Waals surface area contributed by atoms with Crippen LogP contribution in [0.15, 0.2) is 30.6 Å². The van der Waals surface area contributed by atoms with Crippen LogP contribution in [0.1, 0.15) is 11.3 Å². The highest BCUT2D eigenvalue weighted by Gasteiger charge is 2.30. The summed E-state index contributed by atoms with van der Waals surface area (Å²) in [5.74, 6) is 1.89. The molecular weight excluding hydrogens is 290 g/mol. The Hall–Kier alpha value is -0.950. The Morgan fingerprint density at radius 1 is 1.35 bits per heavy atom. The van der Waals surface area contributed by atoms with Gasteiger partial charge >= 0.3 is 0 Å². The summed E-state index contributed by atoms with van der Waals surface area (Å²) in [7, 11) is 0.